The van der Waals surface area contributed by atoms with Gasteiger partial charge in [0.25, 0.3) is 0 Å². The van der Waals surface area contributed by atoms with E-state index in [1.54, 1.807) is 32.9 Å². The van der Waals surface area contributed by atoms with Gasteiger partial charge in [-0.3, -0.25) is 4.79 Å². The summed E-state index contributed by atoms with van der Waals surface area (Å²) in [6, 6.07) is 6.08. The van der Waals surface area contributed by atoms with E-state index in [0.717, 1.165) is 0 Å². The summed E-state index contributed by atoms with van der Waals surface area (Å²) in [6.07, 6.45) is -0.481. The van der Waals surface area contributed by atoms with E-state index < -0.39 is 23.6 Å². The molecule has 23 heavy (non-hydrogen) atoms. The van der Waals surface area contributed by atoms with Gasteiger partial charge in [-0.05, 0) is 38.5 Å². The fourth-order valence-corrected chi connectivity index (χ4v) is 2.74. The van der Waals surface area contributed by atoms with E-state index in [1.807, 2.05) is 0 Å². The Hall–Kier alpha value is -2.11. The number of esters is 1. The van der Waals surface area contributed by atoms with Crippen LogP contribution in [0.25, 0.3) is 0 Å². The summed E-state index contributed by atoms with van der Waals surface area (Å²) in [5, 5.41) is 0. The molecule has 1 heterocycles. The minimum Gasteiger partial charge on any atom is -0.469 e. The molecular weight excluding hydrogens is 301 g/mol. The van der Waals surface area contributed by atoms with Crippen molar-refractivity contribution in [3.63, 3.8) is 0 Å². The first kappa shape index (κ1) is 17.2. The lowest BCUT2D eigenvalue weighted by molar-refractivity contribution is -0.145. The summed E-state index contributed by atoms with van der Waals surface area (Å²) >= 11 is 0. The molecule has 2 rings (SSSR count). The molecule has 1 aliphatic heterocycles. The lowest BCUT2D eigenvalue weighted by Crippen LogP contribution is -2.36. The minimum absolute atomic E-state index is 0.197. The van der Waals surface area contributed by atoms with Crippen LogP contribution in [0.4, 0.5) is 9.18 Å². The number of benzene rings is 1. The number of methoxy groups -OCH3 is 1. The van der Waals surface area contributed by atoms with Crippen LogP contribution in [0.5, 0.6) is 0 Å². The van der Waals surface area contributed by atoms with E-state index >= 15 is 0 Å². The Kier molecular flexibility index (Phi) is 4.92. The molecular formula is C17H22FNO4. The Labute approximate surface area is 135 Å². The van der Waals surface area contributed by atoms with Crippen molar-refractivity contribution < 1.29 is 23.5 Å². The first-order valence-corrected chi connectivity index (χ1v) is 7.52. The van der Waals surface area contributed by atoms with Crippen molar-refractivity contribution in [3.05, 3.63) is 35.6 Å². The number of hydrogen-bond acceptors (Lipinski definition) is 4. The van der Waals surface area contributed by atoms with Gasteiger partial charge >= 0.3 is 12.1 Å². The Morgan fingerprint density at radius 3 is 2.52 bits per heavy atom. The first-order valence-electron chi connectivity index (χ1n) is 7.52. The standard InChI is InChI=1S/C17H22FNO4/c1-17(2,3)23-16(21)19-9-13(14(10-19)15(20)22-4)11-6-5-7-12(18)8-11/h5-8,13-14H,9-10H2,1-4H3/t13-,14+/m0/s1. The van der Waals surface area contributed by atoms with E-state index in [0.29, 0.717) is 5.56 Å². The zero-order valence-corrected chi connectivity index (χ0v) is 13.8. The summed E-state index contributed by atoms with van der Waals surface area (Å²) in [7, 11) is 1.31. The highest BCUT2D eigenvalue weighted by Crippen LogP contribution is 2.34. The normalized spacial score (nSPS) is 21.2. The van der Waals surface area contributed by atoms with Crippen molar-refractivity contribution in [2.75, 3.05) is 20.2 Å². The van der Waals surface area contributed by atoms with Crippen LogP contribution in [0.3, 0.4) is 0 Å². The quantitative estimate of drug-likeness (QED) is 0.785. The second-order valence-electron chi connectivity index (χ2n) is 6.68. The molecule has 0 spiro atoms. The molecule has 0 N–H and O–H groups in total. The maximum absolute atomic E-state index is 13.5. The number of carbonyl (C=O) groups excluding carboxylic acids is 2. The SMILES string of the molecule is COC(=O)[C@@H]1CN(C(=O)OC(C)(C)C)C[C@H]1c1cccc(F)c1. The van der Waals surface area contributed by atoms with Crippen LogP contribution >= 0.6 is 0 Å². The van der Waals surface area contributed by atoms with Gasteiger partial charge in [0.2, 0.25) is 0 Å². The van der Waals surface area contributed by atoms with Crippen molar-refractivity contribution in [3.8, 4) is 0 Å². The van der Waals surface area contributed by atoms with Crippen LogP contribution < -0.4 is 0 Å². The molecule has 1 amide bonds. The summed E-state index contributed by atoms with van der Waals surface area (Å²) < 4.78 is 23.7. The lowest BCUT2D eigenvalue weighted by Gasteiger charge is -2.24. The van der Waals surface area contributed by atoms with Crippen LogP contribution in [0.15, 0.2) is 24.3 Å². The Balaban J connectivity index is 2.23. The van der Waals surface area contributed by atoms with Crippen molar-refractivity contribution in [2.24, 2.45) is 5.92 Å². The fourth-order valence-electron chi connectivity index (χ4n) is 2.74. The fraction of sp³-hybridized carbons (Fsp3) is 0.529. The van der Waals surface area contributed by atoms with Crippen LogP contribution in [-0.4, -0.2) is 42.8 Å². The molecule has 2 atom stereocenters. The van der Waals surface area contributed by atoms with E-state index in [4.69, 9.17) is 9.47 Å². The van der Waals surface area contributed by atoms with Crippen LogP contribution in [0.1, 0.15) is 32.3 Å². The highest BCUT2D eigenvalue weighted by Gasteiger charge is 2.42. The van der Waals surface area contributed by atoms with E-state index in [-0.39, 0.29) is 24.8 Å². The van der Waals surface area contributed by atoms with Gasteiger partial charge in [-0.1, -0.05) is 12.1 Å². The Morgan fingerprint density at radius 2 is 1.96 bits per heavy atom. The molecule has 0 aromatic heterocycles. The molecule has 0 unspecified atom stereocenters. The minimum atomic E-state index is -0.616. The van der Waals surface area contributed by atoms with Gasteiger partial charge in [-0.25, -0.2) is 9.18 Å². The zero-order chi connectivity index (χ0) is 17.2. The van der Waals surface area contributed by atoms with Gasteiger partial charge in [-0.15, -0.1) is 0 Å². The van der Waals surface area contributed by atoms with E-state index in [9.17, 15) is 14.0 Å². The molecule has 6 heteroatoms. The van der Waals surface area contributed by atoms with Crippen molar-refractivity contribution >= 4 is 12.1 Å². The predicted octanol–water partition coefficient (Wildman–Crippen LogP) is 2.95. The number of amides is 1. The van der Waals surface area contributed by atoms with Crippen LogP contribution in [0.2, 0.25) is 0 Å². The van der Waals surface area contributed by atoms with Crippen LogP contribution in [-0.2, 0) is 14.3 Å². The van der Waals surface area contributed by atoms with Gasteiger partial charge in [0.05, 0.1) is 13.0 Å². The molecule has 1 aromatic carbocycles. The largest absolute Gasteiger partial charge is 0.469 e. The van der Waals surface area contributed by atoms with E-state index in [2.05, 4.69) is 0 Å². The van der Waals surface area contributed by atoms with Crippen molar-refractivity contribution in [2.45, 2.75) is 32.3 Å². The van der Waals surface area contributed by atoms with Crippen molar-refractivity contribution in [1.82, 2.24) is 4.90 Å². The number of ether oxygens (including phenoxy) is 2. The van der Waals surface area contributed by atoms with E-state index in [1.165, 1.54) is 24.1 Å². The molecule has 0 radical (unpaired) electrons. The molecule has 1 aromatic rings. The molecule has 0 bridgehead atoms. The number of rotatable bonds is 2. The molecule has 1 aliphatic rings. The number of nitrogens with zero attached hydrogens (tertiary/aromatic N) is 1. The van der Waals surface area contributed by atoms with Gasteiger partial charge in [-0.2, -0.15) is 0 Å². The molecule has 0 saturated carbocycles. The molecule has 1 fully saturated rings. The molecule has 126 valence electrons. The third-order valence-electron chi connectivity index (χ3n) is 3.75. The number of carbonyl (C=O) groups is 2. The van der Waals surface area contributed by atoms with Crippen molar-refractivity contribution in [1.29, 1.82) is 0 Å². The summed E-state index contributed by atoms with van der Waals surface area (Å²) in [6.45, 7) is 5.83. The van der Waals surface area contributed by atoms with Gasteiger partial charge in [0, 0.05) is 19.0 Å². The highest BCUT2D eigenvalue weighted by molar-refractivity contribution is 5.77. The maximum Gasteiger partial charge on any atom is 0.410 e. The third kappa shape index (κ3) is 4.21. The Morgan fingerprint density at radius 1 is 1.26 bits per heavy atom. The number of halogens is 1. The lowest BCUT2D eigenvalue weighted by atomic mass is 9.89. The average molecular weight is 323 g/mol. The smallest absolute Gasteiger partial charge is 0.410 e. The third-order valence-corrected chi connectivity index (χ3v) is 3.75. The zero-order valence-electron chi connectivity index (χ0n) is 13.8. The van der Waals surface area contributed by atoms with Gasteiger partial charge in [0.15, 0.2) is 0 Å². The first-order chi connectivity index (χ1) is 10.7. The molecule has 5 nitrogen and oxygen atoms in total. The average Bonchev–Trinajstić information content (AvgIpc) is 2.90. The topological polar surface area (TPSA) is 55.8 Å². The monoisotopic (exact) mass is 323 g/mol. The maximum atomic E-state index is 13.5. The van der Waals surface area contributed by atoms with Gasteiger partial charge in [0.1, 0.15) is 11.4 Å². The Bertz CT molecular complexity index is 597. The predicted molar refractivity (Wildman–Crippen MR) is 82.5 cm³/mol. The van der Waals surface area contributed by atoms with Gasteiger partial charge < -0.3 is 14.4 Å². The summed E-state index contributed by atoms with van der Waals surface area (Å²) in [5.41, 5.74) is 0.0564. The molecule has 0 aliphatic carbocycles. The second kappa shape index (κ2) is 6.56. The summed E-state index contributed by atoms with van der Waals surface area (Å²) in [5.74, 6) is -1.63. The second-order valence-corrected chi connectivity index (χ2v) is 6.68. The number of hydrogen-bond donors (Lipinski definition) is 0. The van der Waals surface area contributed by atoms with Crippen LogP contribution in [0, 0.1) is 11.7 Å². The highest BCUT2D eigenvalue weighted by atomic mass is 19.1. The summed E-state index contributed by atoms with van der Waals surface area (Å²) in [4.78, 5) is 25.8. The molecule has 1 saturated heterocycles. The number of likely N-dealkylation sites (tertiary alicyclic amines) is 1.